The summed E-state index contributed by atoms with van der Waals surface area (Å²) < 4.78 is 0. The van der Waals surface area contributed by atoms with Gasteiger partial charge in [0.05, 0.1) is 17.6 Å². The number of nitrogens with zero attached hydrogens (tertiary/aromatic N) is 2. The van der Waals surface area contributed by atoms with E-state index in [1.165, 1.54) is 24.8 Å². The molecule has 2 unspecified atom stereocenters. The maximum atomic E-state index is 13.5. The molecule has 0 spiro atoms. The number of carboxylic acid groups (broad SMARTS) is 1. The van der Waals surface area contributed by atoms with Crippen molar-refractivity contribution < 1.29 is 14.7 Å². The van der Waals surface area contributed by atoms with Crippen molar-refractivity contribution in [1.82, 2.24) is 10.3 Å². The predicted octanol–water partition coefficient (Wildman–Crippen LogP) is 4.95. The molecule has 186 valence electrons. The first-order valence-corrected chi connectivity index (χ1v) is 13.7. The number of unbranched alkanes of at least 4 members (excludes halogenated alkanes) is 1. The number of rotatable bonds is 8. The molecule has 4 aliphatic rings. The minimum Gasteiger partial charge on any atom is -0.481 e. The average Bonchev–Trinajstić information content (AvgIpc) is 3.42. The summed E-state index contributed by atoms with van der Waals surface area (Å²) in [6.07, 6.45) is 12.3. The zero-order valence-electron chi connectivity index (χ0n) is 20.6. The van der Waals surface area contributed by atoms with Gasteiger partial charge in [0, 0.05) is 25.0 Å². The number of hydrogen-bond donors (Lipinski definition) is 2. The highest BCUT2D eigenvalue weighted by atomic mass is 16.4. The number of amides is 1. The smallest absolute Gasteiger partial charge is 0.310 e. The summed E-state index contributed by atoms with van der Waals surface area (Å²) in [7, 11) is 0. The summed E-state index contributed by atoms with van der Waals surface area (Å²) in [5.74, 6) is 0.364. The average molecular weight is 468 g/mol. The third-order valence-corrected chi connectivity index (χ3v) is 8.81. The van der Waals surface area contributed by atoms with E-state index in [1.54, 1.807) is 0 Å². The van der Waals surface area contributed by atoms with E-state index in [0.717, 1.165) is 63.6 Å². The van der Waals surface area contributed by atoms with Crippen molar-refractivity contribution in [3.05, 3.63) is 29.8 Å². The zero-order valence-corrected chi connectivity index (χ0v) is 20.6. The molecule has 2 N–H and O–H groups in total. The molecule has 4 fully saturated rings. The first kappa shape index (κ1) is 23.7. The van der Waals surface area contributed by atoms with Crippen LogP contribution in [-0.2, 0) is 9.59 Å². The van der Waals surface area contributed by atoms with Gasteiger partial charge in [-0.05, 0) is 80.9 Å². The molecule has 2 saturated heterocycles. The first-order valence-electron chi connectivity index (χ1n) is 13.7. The van der Waals surface area contributed by atoms with Crippen LogP contribution >= 0.6 is 0 Å². The number of nitrogens with one attached hydrogen (secondary N) is 1. The highest BCUT2D eigenvalue weighted by Gasteiger charge is 2.47. The molecular weight excluding hydrogens is 426 g/mol. The number of anilines is 1. The molecule has 0 aromatic heterocycles. The van der Waals surface area contributed by atoms with Gasteiger partial charge in [-0.3, -0.25) is 9.59 Å². The SMILES string of the molecule is CCCC[C@@H]1CCCN1C(=O)[C@@H]1CCC[C@H](c2cccc(N3NCC(C(=O)O)C3C3CC3)c2)C1. The van der Waals surface area contributed by atoms with E-state index in [-0.39, 0.29) is 17.9 Å². The summed E-state index contributed by atoms with van der Waals surface area (Å²) in [5, 5.41) is 11.9. The highest BCUT2D eigenvalue weighted by Crippen LogP contribution is 2.43. The number of carboxylic acids is 1. The fourth-order valence-corrected chi connectivity index (χ4v) is 6.82. The molecule has 34 heavy (non-hydrogen) atoms. The maximum Gasteiger partial charge on any atom is 0.310 e. The Morgan fingerprint density at radius 1 is 1.12 bits per heavy atom. The van der Waals surface area contributed by atoms with Gasteiger partial charge >= 0.3 is 5.97 Å². The topological polar surface area (TPSA) is 72.9 Å². The molecule has 6 nitrogen and oxygen atoms in total. The molecule has 2 heterocycles. The second-order valence-corrected chi connectivity index (χ2v) is 11.1. The second kappa shape index (κ2) is 10.3. The van der Waals surface area contributed by atoms with Gasteiger partial charge < -0.3 is 15.0 Å². The number of carbonyl (C=O) groups is 2. The van der Waals surface area contributed by atoms with E-state index in [2.05, 4.69) is 46.5 Å². The predicted molar refractivity (Wildman–Crippen MR) is 134 cm³/mol. The van der Waals surface area contributed by atoms with Crippen LogP contribution in [0, 0.1) is 17.8 Å². The molecule has 2 aliphatic carbocycles. The number of aliphatic carboxylic acids is 1. The Labute approximate surface area is 204 Å². The summed E-state index contributed by atoms with van der Waals surface area (Å²) in [4.78, 5) is 27.5. The summed E-state index contributed by atoms with van der Waals surface area (Å²) in [6, 6.07) is 9.16. The van der Waals surface area contributed by atoms with E-state index in [9.17, 15) is 14.7 Å². The van der Waals surface area contributed by atoms with Crippen molar-refractivity contribution in [2.45, 2.75) is 95.6 Å². The van der Waals surface area contributed by atoms with Gasteiger partial charge in [0.15, 0.2) is 0 Å². The number of hydrogen-bond acceptors (Lipinski definition) is 4. The molecule has 0 bridgehead atoms. The number of benzene rings is 1. The van der Waals surface area contributed by atoms with E-state index in [4.69, 9.17) is 0 Å². The van der Waals surface area contributed by atoms with Crippen LogP contribution in [0.4, 0.5) is 5.69 Å². The van der Waals surface area contributed by atoms with Crippen molar-refractivity contribution in [2.24, 2.45) is 17.8 Å². The van der Waals surface area contributed by atoms with Crippen LogP contribution in [0.2, 0.25) is 0 Å². The lowest BCUT2D eigenvalue weighted by Gasteiger charge is -2.34. The number of carbonyl (C=O) groups excluding carboxylic acids is 1. The van der Waals surface area contributed by atoms with Gasteiger partial charge in [-0.15, -0.1) is 0 Å². The van der Waals surface area contributed by atoms with Crippen LogP contribution in [-0.4, -0.2) is 47.1 Å². The van der Waals surface area contributed by atoms with Crippen LogP contribution in [0.15, 0.2) is 24.3 Å². The van der Waals surface area contributed by atoms with Gasteiger partial charge in [0.1, 0.15) is 0 Å². The molecule has 5 atom stereocenters. The second-order valence-electron chi connectivity index (χ2n) is 11.1. The molecular formula is C28H41N3O3. The number of likely N-dealkylation sites (tertiary alicyclic amines) is 1. The molecule has 2 saturated carbocycles. The standard InChI is InChI=1S/C28H41N3O3/c1-2-3-10-23-12-6-15-30(23)27(32)22-9-4-7-20(16-22)21-8-5-11-24(17-21)31-26(19-13-14-19)25(18-29-31)28(33)34/h5,8,11,17,19-20,22-23,25-26,29H,2-4,6-7,9-10,12-16,18H2,1H3,(H,33,34)/t20-,22+,23+,25?,26?/m0/s1. The molecule has 1 aromatic rings. The van der Waals surface area contributed by atoms with Crippen molar-refractivity contribution in [1.29, 1.82) is 0 Å². The van der Waals surface area contributed by atoms with Crippen LogP contribution < -0.4 is 10.4 Å². The summed E-state index contributed by atoms with van der Waals surface area (Å²) in [5.41, 5.74) is 5.76. The first-order chi connectivity index (χ1) is 16.6. The van der Waals surface area contributed by atoms with Gasteiger partial charge in [0.25, 0.3) is 0 Å². The fourth-order valence-electron chi connectivity index (χ4n) is 6.82. The minimum atomic E-state index is -0.698. The largest absolute Gasteiger partial charge is 0.481 e. The third kappa shape index (κ3) is 4.84. The van der Waals surface area contributed by atoms with Gasteiger partial charge in [-0.1, -0.05) is 38.3 Å². The summed E-state index contributed by atoms with van der Waals surface area (Å²) in [6.45, 7) is 3.67. The Bertz CT molecular complexity index is 885. The molecule has 0 radical (unpaired) electrons. The van der Waals surface area contributed by atoms with Crippen LogP contribution in [0.5, 0.6) is 0 Å². The summed E-state index contributed by atoms with van der Waals surface area (Å²) >= 11 is 0. The van der Waals surface area contributed by atoms with Crippen molar-refractivity contribution in [2.75, 3.05) is 18.1 Å². The van der Waals surface area contributed by atoms with Crippen molar-refractivity contribution in [3.8, 4) is 0 Å². The van der Waals surface area contributed by atoms with Crippen LogP contribution in [0.3, 0.4) is 0 Å². The Hall–Kier alpha value is -2.08. The quantitative estimate of drug-likeness (QED) is 0.566. The van der Waals surface area contributed by atoms with E-state index < -0.39 is 5.97 Å². The molecule has 1 aromatic carbocycles. The normalized spacial score (nSPS) is 31.7. The molecule has 2 aliphatic heterocycles. The van der Waals surface area contributed by atoms with Gasteiger partial charge in [-0.2, -0.15) is 0 Å². The zero-order chi connectivity index (χ0) is 23.7. The number of hydrazine groups is 1. The van der Waals surface area contributed by atoms with Crippen molar-refractivity contribution >= 4 is 17.6 Å². The van der Waals surface area contributed by atoms with E-state index >= 15 is 0 Å². The third-order valence-electron chi connectivity index (χ3n) is 8.81. The Morgan fingerprint density at radius 2 is 1.97 bits per heavy atom. The fraction of sp³-hybridized carbons (Fsp3) is 0.714. The molecule has 6 heteroatoms. The lowest BCUT2D eigenvalue weighted by molar-refractivity contribution is -0.141. The minimum absolute atomic E-state index is 0.0312. The Kier molecular flexibility index (Phi) is 7.14. The lowest BCUT2D eigenvalue weighted by Crippen LogP contribution is -2.41. The molecule has 5 rings (SSSR count). The van der Waals surface area contributed by atoms with E-state index in [0.29, 0.717) is 30.3 Å². The Morgan fingerprint density at radius 3 is 2.74 bits per heavy atom. The van der Waals surface area contributed by atoms with Gasteiger partial charge in [0.2, 0.25) is 5.91 Å². The Balaban J connectivity index is 1.28. The van der Waals surface area contributed by atoms with Crippen molar-refractivity contribution in [3.63, 3.8) is 0 Å². The lowest BCUT2D eigenvalue weighted by atomic mass is 9.77. The van der Waals surface area contributed by atoms with E-state index in [1.807, 2.05) is 0 Å². The monoisotopic (exact) mass is 467 g/mol. The molecule has 1 amide bonds. The van der Waals surface area contributed by atoms with Crippen LogP contribution in [0.1, 0.15) is 89.0 Å². The van der Waals surface area contributed by atoms with Gasteiger partial charge in [-0.25, -0.2) is 5.43 Å². The highest BCUT2D eigenvalue weighted by molar-refractivity contribution is 5.79. The van der Waals surface area contributed by atoms with Crippen LogP contribution in [0.25, 0.3) is 0 Å². The maximum absolute atomic E-state index is 13.5.